The van der Waals surface area contributed by atoms with Gasteiger partial charge in [0.25, 0.3) is 0 Å². The number of rotatable bonds is 18. The molecule has 1 rings (SSSR count). The van der Waals surface area contributed by atoms with Crippen LogP contribution in [0.3, 0.4) is 0 Å². The van der Waals surface area contributed by atoms with Crippen LogP contribution in [0.4, 0.5) is 4.79 Å². The number of unbranched alkanes of at least 4 members (excludes halogenated alkanes) is 12. The maximum absolute atomic E-state index is 12.4. The number of hydrogen-bond acceptors (Lipinski definition) is 5. The molecule has 1 amide bonds. The molecular formula is C25H49N3O3. The van der Waals surface area contributed by atoms with Crippen molar-refractivity contribution in [3.8, 4) is 0 Å². The van der Waals surface area contributed by atoms with E-state index >= 15 is 0 Å². The van der Waals surface area contributed by atoms with Crippen LogP contribution in [0.1, 0.15) is 104 Å². The van der Waals surface area contributed by atoms with Crippen molar-refractivity contribution in [2.24, 2.45) is 0 Å². The minimum Gasteiger partial charge on any atom is -0.375 e. The highest BCUT2D eigenvalue weighted by molar-refractivity contribution is 5.85. The lowest BCUT2D eigenvalue weighted by Gasteiger charge is -2.26. The van der Waals surface area contributed by atoms with Crippen LogP contribution in [0.15, 0.2) is 0 Å². The predicted molar refractivity (Wildman–Crippen MR) is 128 cm³/mol. The topological polar surface area (TPSA) is 61.9 Å². The van der Waals surface area contributed by atoms with Crippen LogP contribution in [-0.4, -0.2) is 67.7 Å². The molecule has 0 aliphatic carbocycles. The molecule has 0 saturated carbocycles. The summed E-state index contributed by atoms with van der Waals surface area (Å²) in [5.74, 6) is -0.408. The average Bonchev–Trinajstić information content (AvgIpc) is 2.78. The van der Waals surface area contributed by atoms with E-state index in [1.165, 1.54) is 77.0 Å². The Morgan fingerprint density at radius 3 is 1.68 bits per heavy atom. The Bertz CT molecular complexity index is 435. The Labute approximate surface area is 191 Å². The fourth-order valence-corrected chi connectivity index (χ4v) is 4.08. The Hall–Kier alpha value is -1.14. The molecule has 6 nitrogen and oxygen atoms in total. The first-order chi connectivity index (χ1) is 15.2. The second kappa shape index (κ2) is 19.5. The van der Waals surface area contributed by atoms with Gasteiger partial charge in [-0.1, -0.05) is 90.9 Å². The zero-order valence-corrected chi connectivity index (χ0v) is 20.5. The zero-order chi connectivity index (χ0) is 22.6. The first-order valence-electron chi connectivity index (χ1n) is 13.1. The van der Waals surface area contributed by atoms with Gasteiger partial charge in [0.1, 0.15) is 0 Å². The molecule has 0 unspecified atom stereocenters. The van der Waals surface area contributed by atoms with E-state index < -0.39 is 12.1 Å². The molecule has 1 aliphatic heterocycles. The number of piperazine rings is 1. The minimum atomic E-state index is -0.488. The first-order valence-corrected chi connectivity index (χ1v) is 13.1. The Morgan fingerprint density at radius 2 is 1.19 bits per heavy atom. The second-order valence-corrected chi connectivity index (χ2v) is 9.00. The summed E-state index contributed by atoms with van der Waals surface area (Å²) in [7, 11) is 0. The van der Waals surface area contributed by atoms with Gasteiger partial charge in [0.2, 0.25) is 0 Å². The summed E-state index contributed by atoms with van der Waals surface area (Å²) in [4.78, 5) is 28.4. The molecule has 0 spiro atoms. The summed E-state index contributed by atoms with van der Waals surface area (Å²) in [6.45, 7) is 9.27. The van der Waals surface area contributed by atoms with Crippen molar-refractivity contribution < 1.29 is 14.3 Å². The van der Waals surface area contributed by atoms with Crippen molar-refractivity contribution in [2.45, 2.75) is 104 Å². The number of carbonyl (C=O) groups excluding carboxylic acids is 2. The van der Waals surface area contributed by atoms with E-state index in [9.17, 15) is 9.59 Å². The molecule has 0 aromatic rings. The minimum absolute atomic E-state index is 0.226. The van der Waals surface area contributed by atoms with Crippen LogP contribution in [0.25, 0.3) is 0 Å². The predicted octanol–water partition coefficient (Wildman–Crippen LogP) is 5.36. The van der Waals surface area contributed by atoms with Gasteiger partial charge in [-0.2, -0.15) is 0 Å². The lowest BCUT2D eigenvalue weighted by molar-refractivity contribution is -0.139. The van der Waals surface area contributed by atoms with Gasteiger partial charge in [-0.05, 0) is 25.9 Å². The van der Waals surface area contributed by atoms with Crippen LogP contribution in [0.2, 0.25) is 0 Å². The fraction of sp³-hybridized carbons (Fsp3) is 0.920. The maximum atomic E-state index is 12.4. The van der Waals surface area contributed by atoms with Crippen molar-refractivity contribution in [2.75, 3.05) is 45.8 Å². The third kappa shape index (κ3) is 15.3. The number of nitrogens with zero attached hydrogens (tertiary/aromatic N) is 2. The van der Waals surface area contributed by atoms with Gasteiger partial charge in [-0.3, -0.25) is 9.69 Å². The lowest BCUT2D eigenvalue weighted by Crippen LogP contribution is -2.47. The Kier molecular flexibility index (Phi) is 17.6. The molecule has 1 fully saturated rings. The van der Waals surface area contributed by atoms with Gasteiger partial charge >= 0.3 is 12.1 Å². The SMILES string of the molecule is CCCCCCCCCN(CCCCCCCCC)CC(=O)OC(=O)N1CCNCC1. The molecule has 0 radical (unpaired) electrons. The molecule has 1 aliphatic rings. The molecular weight excluding hydrogens is 390 g/mol. The molecule has 0 aromatic heterocycles. The van der Waals surface area contributed by atoms with Crippen molar-refractivity contribution in [3.05, 3.63) is 0 Å². The van der Waals surface area contributed by atoms with E-state index in [4.69, 9.17) is 4.74 Å². The molecule has 0 atom stereocenters. The lowest BCUT2D eigenvalue weighted by atomic mass is 10.1. The second-order valence-electron chi connectivity index (χ2n) is 9.00. The average molecular weight is 440 g/mol. The van der Waals surface area contributed by atoms with E-state index in [-0.39, 0.29) is 6.54 Å². The van der Waals surface area contributed by atoms with Crippen molar-refractivity contribution in [1.29, 1.82) is 0 Å². The van der Waals surface area contributed by atoms with E-state index in [1.807, 2.05) is 0 Å². The largest absolute Gasteiger partial charge is 0.417 e. The summed E-state index contributed by atoms with van der Waals surface area (Å²) < 4.78 is 5.14. The molecule has 6 heteroatoms. The third-order valence-corrected chi connectivity index (χ3v) is 6.08. The molecule has 0 bridgehead atoms. The smallest absolute Gasteiger partial charge is 0.375 e. The summed E-state index contributed by atoms with van der Waals surface area (Å²) in [6, 6.07) is 0. The van der Waals surface area contributed by atoms with Crippen molar-refractivity contribution in [3.63, 3.8) is 0 Å². The summed E-state index contributed by atoms with van der Waals surface area (Å²) in [6.07, 6.45) is 17.2. The molecule has 182 valence electrons. The van der Waals surface area contributed by atoms with Crippen molar-refractivity contribution in [1.82, 2.24) is 15.1 Å². The Balaban J connectivity index is 2.31. The van der Waals surface area contributed by atoms with Crippen LogP contribution < -0.4 is 5.32 Å². The quantitative estimate of drug-likeness (QED) is 0.177. The Morgan fingerprint density at radius 1 is 0.742 bits per heavy atom. The van der Waals surface area contributed by atoms with Gasteiger partial charge in [-0.15, -0.1) is 0 Å². The summed E-state index contributed by atoms with van der Waals surface area (Å²) in [5.41, 5.74) is 0. The van der Waals surface area contributed by atoms with Crippen LogP contribution >= 0.6 is 0 Å². The molecule has 1 N–H and O–H groups in total. The number of ether oxygens (including phenoxy) is 1. The van der Waals surface area contributed by atoms with Crippen LogP contribution in [0.5, 0.6) is 0 Å². The van der Waals surface area contributed by atoms with Gasteiger partial charge in [0, 0.05) is 26.2 Å². The van der Waals surface area contributed by atoms with E-state index in [2.05, 4.69) is 24.1 Å². The van der Waals surface area contributed by atoms with E-state index in [0.29, 0.717) is 13.1 Å². The summed E-state index contributed by atoms with van der Waals surface area (Å²) >= 11 is 0. The van der Waals surface area contributed by atoms with E-state index in [1.54, 1.807) is 4.90 Å². The fourth-order valence-electron chi connectivity index (χ4n) is 4.08. The van der Waals surface area contributed by atoms with Crippen LogP contribution in [-0.2, 0) is 9.53 Å². The normalized spacial score (nSPS) is 14.2. The molecule has 1 saturated heterocycles. The molecule has 0 aromatic carbocycles. The van der Waals surface area contributed by atoms with Gasteiger partial charge in [0.15, 0.2) is 0 Å². The first kappa shape index (κ1) is 27.9. The van der Waals surface area contributed by atoms with Gasteiger partial charge in [-0.25, -0.2) is 4.79 Å². The number of esters is 1. The highest BCUT2D eigenvalue weighted by atomic mass is 16.6. The van der Waals surface area contributed by atoms with Crippen molar-refractivity contribution >= 4 is 12.1 Å². The highest BCUT2D eigenvalue weighted by Crippen LogP contribution is 2.10. The monoisotopic (exact) mass is 439 g/mol. The molecule has 31 heavy (non-hydrogen) atoms. The number of nitrogens with one attached hydrogen (secondary N) is 1. The number of hydrogen-bond donors (Lipinski definition) is 1. The van der Waals surface area contributed by atoms with Gasteiger partial charge in [0.05, 0.1) is 6.54 Å². The third-order valence-electron chi connectivity index (χ3n) is 6.08. The number of carbonyl (C=O) groups is 2. The standard InChI is InChI=1S/C25H49N3O3/c1-3-5-7-9-11-13-15-19-27(20-16-14-12-10-8-6-4-2)23-24(29)31-25(30)28-21-17-26-18-22-28/h26H,3-23H2,1-2H3. The van der Waals surface area contributed by atoms with Gasteiger partial charge < -0.3 is 15.0 Å². The van der Waals surface area contributed by atoms with Crippen LogP contribution in [0, 0.1) is 0 Å². The highest BCUT2D eigenvalue weighted by Gasteiger charge is 2.21. The molecule has 1 heterocycles. The summed E-state index contributed by atoms with van der Waals surface area (Å²) in [5, 5.41) is 3.20. The number of amides is 1. The maximum Gasteiger partial charge on any atom is 0.417 e. The van der Waals surface area contributed by atoms with E-state index in [0.717, 1.165) is 39.0 Å². The zero-order valence-electron chi connectivity index (χ0n) is 20.5.